The smallest absolute Gasteiger partial charge is 0.240 e. The van der Waals surface area contributed by atoms with Crippen molar-refractivity contribution in [2.45, 2.75) is 17.9 Å². The molecule has 2 aromatic rings. The molecule has 4 N–H and O–H groups in total. The van der Waals surface area contributed by atoms with Gasteiger partial charge < -0.3 is 11.1 Å². The van der Waals surface area contributed by atoms with Gasteiger partial charge in [-0.15, -0.1) is 0 Å². The number of carbonyl (C=O) groups excluding carboxylic acids is 1. The summed E-state index contributed by atoms with van der Waals surface area (Å²) in [5, 5.41) is 6.69. The summed E-state index contributed by atoms with van der Waals surface area (Å²) < 4.78 is 28.1. The highest BCUT2D eigenvalue weighted by Gasteiger charge is 2.14. The molecule has 1 aromatic heterocycles. The van der Waals surface area contributed by atoms with Gasteiger partial charge in [0, 0.05) is 44.1 Å². The molecular formula is C14H19N5O3S. The standard InChI is InChI=1S/C14H19N5O3S/c15-6-8-17-23(21,22)13-4-1-3-12(11-13)18-14(20)5-10-19-9-2-7-16-19/h1-4,7,9,11,17H,5-6,8,10,15H2,(H,18,20). The van der Waals surface area contributed by atoms with E-state index in [0.29, 0.717) is 12.2 Å². The van der Waals surface area contributed by atoms with Gasteiger partial charge in [0.2, 0.25) is 15.9 Å². The number of benzene rings is 1. The maximum atomic E-state index is 12.0. The van der Waals surface area contributed by atoms with E-state index in [1.807, 2.05) is 0 Å². The zero-order chi connectivity index (χ0) is 16.7. The summed E-state index contributed by atoms with van der Waals surface area (Å²) >= 11 is 0. The molecule has 2 rings (SSSR count). The molecule has 0 aliphatic heterocycles. The Bertz CT molecular complexity index is 744. The van der Waals surface area contributed by atoms with Gasteiger partial charge in [0.25, 0.3) is 0 Å². The predicted molar refractivity (Wildman–Crippen MR) is 86.2 cm³/mol. The molecule has 0 aliphatic carbocycles. The molecule has 0 aliphatic rings. The number of rotatable bonds is 8. The second-order valence-corrected chi connectivity index (χ2v) is 6.55. The summed E-state index contributed by atoms with van der Waals surface area (Å²) in [6, 6.07) is 7.84. The molecule has 1 amide bonds. The van der Waals surface area contributed by atoms with Crippen LogP contribution in [0.15, 0.2) is 47.6 Å². The zero-order valence-corrected chi connectivity index (χ0v) is 13.3. The largest absolute Gasteiger partial charge is 0.329 e. The Morgan fingerprint density at radius 2 is 2.13 bits per heavy atom. The van der Waals surface area contributed by atoms with Crippen LogP contribution in [-0.2, 0) is 21.4 Å². The average molecular weight is 337 g/mol. The molecule has 1 heterocycles. The molecule has 124 valence electrons. The topological polar surface area (TPSA) is 119 Å². The maximum absolute atomic E-state index is 12.0. The fourth-order valence-corrected chi connectivity index (χ4v) is 2.98. The quantitative estimate of drug-likeness (QED) is 0.633. The van der Waals surface area contributed by atoms with Crippen LogP contribution in [0.5, 0.6) is 0 Å². The van der Waals surface area contributed by atoms with Crippen LogP contribution in [0.1, 0.15) is 6.42 Å². The molecule has 0 atom stereocenters. The van der Waals surface area contributed by atoms with E-state index in [9.17, 15) is 13.2 Å². The average Bonchev–Trinajstić information content (AvgIpc) is 3.05. The van der Waals surface area contributed by atoms with E-state index >= 15 is 0 Å². The SMILES string of the molecule is NCCNS(=O)(=O)c1cccc(NC(=O)CCn2cccn2)c1. The number of aromatic nitrogens is 2. The lowest BCUT2D eigenvalue weighted by molar-refractivity contribution is -0.116. The van der Waals surface area contributed by atoms with Crippen molar-refractivity contribution in [1.29, 1.82) is 0 Å². The van der Waals surface area contributed by atoms with E-state index in [-0.39, 0.29) is 30.3 Å². The summed E-state index contributed by atoms with van der Waals surface area (Å²) in [5.41, 5.74) is 5.71. The number of anilines is 1. The second-order valence-electron chi connectivity index (χ2n) is 4.78. The van der Waals surface area contributed by atoms with Crippen LogP contribution in [0.25, 0.3) is 0 Å². The van der Waals surface area contributed by atoms with Crippen molar-refractivity contribution in [2.75, 3.05) is 18.4 Å². The Balaban J connectivity index is 1.98. The summed E-state index contributed by atoms with van der Waals surface area (Å²) in [7, 11) is -3.62. The van der Waals surface area contributed by atoms with Gasteiger partial charge >= 0.3 is 0 Å². The number of amides is 1. The molecule has 9 heteroatoms. The van der Waals surface area contributed by atoms with Crippen molar-refractivity contribution in [3.05, 3.63) is 42.7 Å². The third kappa shape index (κ3) is 5.16. The van der Waals surface area contributed by atoms with Crippen molar-refractivity contribution in [1.82, 2.24) is 14.5 Å². The number of carbonyl (C=O) groups is 1. The monoisotopic (exact) mass is 337 g/mol. The van der Waals surface area contributed by atoms with E-state index < -0.39 is 10.0 Å². The first kappa shape index (κ1) is 17.1. The number of nitrogens with one attached hydrogen (secondary N) is 2. The molecule has 0 saturated carbocycles. The molecule has 1 aromatic carbocycles. The highest BCUT2D eigenvalue weighted by molar-refractivity contribution is 7.89. The van der Waals surface area contributed by atoms with Crippen molar-refractivity contribution in [2.24, 2.45) is 5.73 Å². The van der Waals surface area contributed by atoms with Crippen LogP contribution in [-0.4, -0.2) is 37.2 Å². The molecule has 0 unspecified atom stereocenters. The fraction of sp³-hybridized carbons (Fsp3) is 0.286. The summed E-state index contributed by atoms with van der Waals surface area (Å²) in [6.45, 7) is 0.820. The first-order valence-corrected chi connectivity index (χ1v) is 8.56. The van der Waals surface area contributed by atoms with E-state index in [0.717, 1.165) is 0 Å². The lowest BCUT2D eigenvalue weighted by atomic mass is 10.3. The van der Waals surface area contributed by atoms with Gasteiger partial charge in [-0.1, -0.05) is 6.07 Å². The molecule has 8 nitrogen and oxygen atoms in total. The van der Waals surface area contributed by atoms with Crippen LogP contribution < -0.4 is 15.8 Å². The van der Waals surface area contributed by atoms with Gasteiger partial charge in [0.15, 0.2) is 0 Å². The molecule has 0 fully saturated rings. The van der Waals surface area contributed by atoms with Gasteiger partial charge in [-0.3, -0.25) is 9.48 Å². The van der Waals surface area contributed by atoms with Crippen LogP contribution >= 0.6 is 0 Å². The Morgan fingerprint density at radius 3 is 2.83 bits per heavy atom. The predicted octanol–water partition coefficient (Wildman–Crippen LogP) is 0.149. The molecular weight excluding hydrogens is 318 g/mol. The van der Waals surface area contributed by atoms with E-state index in [2.05, 4.69) is 15.1 Å². The van der Waals surface area contributed by atoms with E-state index in [1.54, 1.807) is 35.3 Å². The van der Waals surface area contributed by atoms with Gasteiger partial charge in [0.05, 0.1) is 4.90 Å². The van der Waals surface area contributed by atoms with Gasteiger partial charge in [-0.2, -0.15) is 5.10 Å². The third-order valence-electron chi connectivity index (χ3n) is 2.99. The van der Waals surface area contributed by atoms with Crippen LogP contribution in [0.2, 0.25) is 0 Å². The maximum Gasteiger partial charge on any atom is 0.240 e. The Labute approximate surface area is 134 Å². The van der Waals surface area contributed by atoms with Crippen molar-refractivity contribution < 1.29 is 13.2 Å². The highest BCUT2D eigenvalue weighted by atomic mass is 32.2. The van der Waals surface area contributed by atoms with Crippen LogP contribution in [0, 0.1) is 0 Å². The van der Waals surface area contributed by atoms with Gasteiger partial charge in [-0.25, -0.2) is 13.1 Å². The molecule has 0 saturated heterocycles. The first-order valence-electron chi connectivity index (χ1n) is 7.08. The lowest BCUT2D eigenvalue weighted by Crippen LogP contribution is -2.29. The Kier molecular flexibility index (Phi) is 5.85. The molecule has 0 bridgehead atoms. The Hall–Kier alpha value is -2.23. The van der Waals surface area contributed by atoms with Crippen molar-refractivity contribution in [3.63, 3.8) is 0 Å². The molecule has 23 heavy (non-hydrogen) atoms. The number of nitrogens with two attached hydrogens (primary N) is 1. The first-order chi connectivity index (χ1) is 11.0. The minimum atomic E-state index is -3.62. The van der Waals surface area contributed by atoms with Crippen LogP contribution in [0.3, 0.4) is 0 Å². The normalized spacial score (nSPS) is 11.3. The van der Waals surface area contributed by atoms with Crippen molar-refractivity contribution in [3.8, 4) is 0 Å². The highest BCUT2D eigenvalue weighted by Crippen LogP contribution is 2.15. The molecule has 0 spiro atoms. The second kappa shape index (κ2) is 7.86. The number of sulfonamides is 1. The minimum Gasteiger partial charge on any atom is -0.329 e. The summed E-state index contributed by atoms with van der Waals surface area (Å²) in [5.74, 6) is -0.218. The number of hydrogen-bond donors (Lipinski definition) is 3. The fourth-order valence-electron chi connectivity index (χ4n) is 1.89. The number of hydrogen-bond acceptors (Lipinski definition) is 5. The van der Waals surface area contributed by atoms with Crippen LogP contribution in [0.4, 0.5) is 5.69 Å². The van der Waals surface area contributed by atoms with Gasteiger partial charge in [0.1, 0.15) is 0 Å². The van der Waals surface area contributed by atoms with E-state index in [1.165, 1.54) is 12.1 Å². The summed E-state index contributed by atoms with van der Waals surface area (Å²) in [6.07, 6.45) is 3.65. The third-order valence-corrected chi connectivity index (χ3v) is 4.45. The minimum absolute atomic E-state index is 0.0795. The van der Waals surface area contributed by atoms with E-state index in [4.69, 9.17) is 5.73 Å². The number of nitrogens with zero attached hydrogens (tertiary/aromatic N) is 2. The molecule has 0 radical (unpaired) electrons. The number of aryl methyl sites for hydroxylation is 1. The lowest BCUT2D eigenvalue weighted by Gasteiger charge is -2.09. The zero-order valence-electron chi connectivity index (χ0n) is 12.5. The van der Waals surface area contributed by atoms with Crippen molar-refractivity contribution >= 4 is 21.6 Å². The Morgan fingerprint density at radius 1 is 1.30 bits per heavy atom. The summed E-state index contributed by atoms with van der Waals surface area (Å²) in [4.78, 5) is 12.0. The van der Waals surface area contributed by atoms with Gasteiger partial charge in [-0.05, 0) is 24.3 Å².